The first-order chi connectivity index (χ1) is 4.46. The summed E-state index contributed by atoms with van der Waals surface area (Å²) < 4.78 is 0.750. The zero-order valence-corrected chi connectivity index (χ0v) is 7.50. The van der Waals surface area contributed by atoms with E-state index in [9.17, 15) is 4.79 Å². The Morgan fingerprint density at radius 3 is 2.20 bits per heavy atom. The van der Waals surface area contributed by atoms with E-state index in [1.54, 1.807) is 0 Å². The lowest BCUT2D eigenvalue weighted by Crippen LogP contribution is -2.38. The molecule has 0 fully saturated rings. The van der Waals surface area contributed by atoms with E-state index in [0.717, 1.165) is 3.45 Å². The Labute approximate surface area is 71.8 Å². The van der Waals surface area contributed by atoms with Crippen LogP contribution >= 0.6 is 27.9 Å². The Morgan fingerprint density at radius 1 is 1.80 bits per heavy atom. The largest absolute Gasteiger partial charge is 0.480 e. The van der Waals surface area contributed by atoms with Gasteiger partial charge in [0.1, 0.15) is 0 Å². The van der Waals surface area contributed by atoms with Crippen molar-refractivity contribution < 1.29 is 15.0 Å². The number of nitrogens with zero attached hydrogens (tertiary/aromatic N) is 1. The van der Waals surface area contributed by atoms with Gasteiger partial charge in [-0.1, -0.05) is 0 Å². The quantitative estimate of drug-likeness (QED) is 0.699. The van der Waals surface area contributed by atoms with Crippen LogP contribution in [0.2, 0.25) is 0 Å². The van der Waals surface area contributed by atoms with E-state index >= 15 is 0 Å². The van der Waals surface area contributed by atoms with Crippen molar-refractivity contribution in [2.75, 3.05) is 0 Å². The summed E-state index contributed by atoms with van der Waals surface area (Å²) >= 11 is 7.94. The van der Waals surface area contributed by atoms with Gasteiger partial charge in [0.15, 0.2) is 6.04 Å². The molecule has 2 N–H and O–H groups in total. The van der Waals surface area contributed by atoms with Crippen LogP contribution in [-0.2, 0) is 4.79 Å². The van der Waals surface area contributed by atoms with Crippen molar-refractivity contribution >= 4 is 33.9 Å². The van der Waals surface area contributed by atoms with Crippen LogP contribution in [0.4, 0.5) is 0 Å². The molecule has 0 aromatic carbocycles. The number of carbonyl (C=O) groups is 1. The van der Waals surface area contributed by atoms with Crippen LogP contribution in [-0.4, -0.2) is 31.8 Å². The first-order valence-electron chi connectivity index (χ1n) is 2.48. The number of carboxylic acids is 1. The smallest absolute Gasteiger partial charge is 0.325 e. The molecule has 0 saturated carbocycles. The number of hydrogen-bond acceptors (Lipinski definition) is 3. The lowest BCUT2D eigenvalue weighted by Gasteiger charge is -2.17. The third-order valence-electron chi connectivity index (χ3n) is 0.920. The molecule has 6 heteroatoms. The zero-order valence-electron chi connectivity index (χ0n) is 5.16. The summed E-state index contributed by atoms with van der Waals surface area (Å²) in [5.74, 6) is -1.18. The summed E-state index contributed by atoms with van der Waals surface area (Å²) in [5.41, 5.74) is 0. The van der Waals surface area contributed by atoms with Gasteiger partial charge < -0.3 is 10.2 Å². The number of rotatable bonds is 3. The van der Waals surface area contributed by atoms with E-state index in [1.165, 1.54) is 6.92 Å². The molecule has 0 aliphatic heterocycles. The predicted molar refractivity (Wildman–Crippen MR) is 39.7 cm³/mol. The monoisotopic (exact) mass is 231 g/mol. The van der Waals surface area contributed by atoms with Crippen LogP contribution in [0.25, 0.3) is 0 Å². The Morgan fingerprint density at radius 2 is 2.20 bits per heavy atom. The highest BCUT2D eigenvalue weighted by Crippen LogP contribution is 2.13. The van der Waals surface area contributed by atoms with Crippen LogP contribution in [0.5, 0.6) is 0 Å². The van der Waals surface area contributed by atoms with E-state index < -0.39 is 18.1 Å². The molecule has 10 heavy (non-hydrogen) atoms. The second-order valence-corrected chi connectivity index (χ2v) is 3.32. The normalized spacial score (nSPS) is 16.9. The maximum atomic E-state index is 10.3. The number of hydrogen-bond donors (Lipinski definition) is 2. The number of aliphatic carboxylic acids is 1. The molecule has 0 saturated heterocycles. The molecule has 0 bridgehead atoms. The molecular weight excluding hydrogens is 225 g/mol. The summed E-state index contributed by atoms with van der Waals surface area (Å²) in [6.07, 6.45) is -1.02. The SMILES string of the molecule is C[C@@H](O)[C@@H](C(=O)O)N(Cl)Br. The van der Waals surface area contributed by atoms with E-state index in [0.29, 0.717) is 0 Å². The number of carboxylic acid groups (broad SMARTS) is 1. The van der Waals surface area contributed by atoms with Crippen molar-refractivity contribution in [1.82, 2.24) is 3.45 Å². The van der Waals surface area contributed by atoms with Gasteiger partial charge in [-0.25, -0.2) is 0 Å². The predicted octanol–water partition coefficient (Wildman–Crippen LogP) is 0.586. The summed E-state index contributed by atoms with van der Waals surface area (Å²) in [4.78, 5) is 10.3. The van der Waals surface area contributed by atoms with Gasteiger partial charge in [-0.2, -0.15) is 0 Å². The number of halogens is 2. The van der Waals surface area contributed by atoms with Gasteiger partial charge in [-0.05, 0) is 18.7 Å². The molecule has 0 aliphatic rings. The van der Waals surface area contributed by atoms with Crippen LogP contribution in [0, 0.1) is 0 Å². The molecule has 0 unspecified atom stereocenters. The van der Waals surface area contributed by atoms with Gasteiger partial charge in [0.05, 0.1) is 6.10 Å². The summed E-state index contributed by atoms with van der Waals surface area (Å²) in [5, 5.41) is 17.2. The molecule has 2 atom stereocenters. The highest BCUT2D eigenvalue weighted by Gasteiger charge is 2.27. The fourth-order valence-corrected chi connectivity index (χ4v) is 1.22. The topological polar surface area (TPSA) is 60.8 Å². The Kier molecular flexibility index (Phi) is 4.19. The minimum atomic E-state index is -1.18. The Balaban J connectivity index is 4.12. The maximum Gasteiger partial charge on any atom is 0.325 e. The molecule has 0 aromatic heterocycles. The average Bonchev–Trinajstić information content (AvgIpc) is 1.59. The van der Waals surface area contributed by atoms with Crippen LogP contribution in [0.15, 0.2) is 0 Å². The molecule has 0 rings (SSSR count). The van der Waals surface area contributed by atoms with Gasteiger partial charge in [0, 0.05) is 16.1 Å². The molecule has 60 valence electrons. The van der Waals surface area contributed by atoms with Gasteiger partial charge in [0.2, 0.25) is 0 Å². The highest BCUT2D eigenvalue weighted by atomic mass is 79.9. The van der Waals surface area contributed by atoms with Gasteiger partial charge in [-0.15, -0.1) is 3.45 Å². The molecule has 0 spiro atoms. The third kappa shape index (κ3) is 2.83. The molecule has 0 aromatic rings. The van der Waals surface area contributed by atoms with Gasteiger partial charge in [0.25, 0.3) is 0 Å². The first-order valence-corrected chi connectivity index (χ1v) is 3.53. The maximum absolute atomic E-state index is 10.3. The van der Waals surface area contributed by atoms with Crippen molar-refractivity contribution in [3.8, 4) is 0 Å². The fourth-order valence-electron chi connectivity index (χ4n) is 0.453. The standard InChI is InChI=1S/C4H7BrClNO3/c1-2(8)3(4(9)10)7(5)6/h2-3,8H,1H3,(H,9,10)/t2-,3+/m1/s1. The fraction of sp³-hybridized carbons (Fsp3) is 0.750. The molecule has 0 heterocycles. The minimum Gasteiger partial charge on any atom is -0.480 e. The molecule has 0 amide bonds. The van der Waals surface area contributed by atoms with Crippen LogP contribution in [0.1, 0.15) is 6.92 Å². The molecular formula is C4H7BrClNO3. The Bertz CT molecular complexity index is 122. The summed E-state index contributed by atoms with van der Waals surface area (Å²) in [6, 6.07) is -1.12. The Hall–Kier alpha value is 0.160. The average molecular weight is 232 g/mol. The van der Waals surface area contributed by atoms with Gasteiger partial charge >= 0.3 is 5.97 Å². The zero-order chi connectivity index (χ0) is 8.31. The van der Waals surface area contributed by atoms with Crippen molar-refractivity contribution in [3.05, 3.63) is 0 Å². The van der Waals surface area contributed by atoms with Crippen molar-refractivity contribution in [3.63, 3.8) is 0 Å². The number of aliphatic hydroxyl groups excluding tert-OH is 1. The second-order valence-electron chi connectivity index (χ2n) is 1.78. The van der Waals surface area contributed by atoms with Crippen LogP contribution < -0.4 is 0 Å². The van der Waals surface area contributed by atoms with E-state index in [-0.39, 0.29) is 0 Å². The van der Waals surface area contributed by atoms with Crippen molar-refractivity contribution in [2.24, 2.45) is 0 Å². The lowest BCUT2D eigenvalue weighted by atomic mass is 10.2. The second kappa shape index (κ2) is 4.12. The minimum absolute atomic E-state index is 0.750. The summed E-state index contributed by atoms with van der Waals surface area (Å²) in [7, 11) is 0. The lowest BCUT2D eigenvalue weighted by molar-refractivity contribution is -0.143. The highest BCUT2D eigenvalue weighted by molar-refractivity contribution is 9.08. The molecule has 4 nitrogen and oxygen atoms in total. The molecule has 0 aliphatic carbocycles. The van der Waals surface area contributed by atoms with E-state index in [2.05, 4.69) is 16.1 Å². The van der Waals surface area contributed by atoms with Crippen molar-refractivity contribution in [2.45, 2.75) is 19.1 Å². The van der Waals surface area contributed by atoms with E-state index in [4.69, 9.17) is 22.0 Å². The van der Waals surface area contributed by atoms with E-state index in [1.807, 2.05) is 0 Å². The van der Waals surface area contributed by atoms with Crippen molar-refractivity contribution in [1.29, 1.82) is 0 Å². The first kappa shape index (κ1) is 10.2. The third-order valence-corrected chi connectivity index (χ3v) is 1.57. The molecule has 0 radical (unpaired) electrons. The van der Waals surface area contributed by atoms with Gasteiger partial charge in [-0.3, -0.25) is 4.79 Å². The summed E-state index contributed by atoms with van der Waals surface area (Å²) in [6.45, 7) is 1.34. The van der Waals surface area contributed by atoms with Crippen LogP contribution in [0.3, 0.4) is 0 Å². The number of aliphatic hydroxyl groups is 1.